The van der Waals surface area contributed by atoms with Gasteiger partial charge in [0.15, 0.2) is 0 Å². The van der Waals surface area contributed by atoms with Crippen LogP contribution in [-0.2, 0) is 19.6 Å². The molecular weight excluding hydrogens is 727 g/mol. The summed E-state index contributed by atoms with van der Waals surface area (Å²) in [5, 5.41) is 30.1. The van der Waals surface area contributed by atoms with Crippen molar-refractivity contribution in [2.24, 2.45) is 0 Å². The Morgan fingerprint density at radius 2 is 1.64 bits per heavy atom. The minimum Gasteiger partial charge on any atom is -0.493 e. The third-order valence-corrected chi connectivity index (χ3v) is 11.9. The van der Waals surface area contributed by atoms with Gasteiger partial charge < -0.3 is 24.2 Å². The molecule has 10 heteroatoms. The van der Waals surface area contributed by atoms with Gasteiger partial charge in [-0.2, -0.15) is 10.5 Å². The van der Waals surface area contributed by atoms with Gasteiger partial charge in [-0.1, -0.05) is 41.9 Å². The summed E-state index contributed by atoms with van der Waals surface area (Å²) in [4.78, 5) is 4.48. The fourth-order valence-electron chi connectivity index (χ4n) is 8.61. The minimum absolute atomic E-state index is 0.0420. The number of aliphatic hydroxyl groups excluding tert-OH is 1. The molecule has 0 amide bonds. The molecule has 4 aromatic rings. The minimum atomic E-state index is -0.658. The molecule has 0 aromatic heterocycles. The fraction of sp³-hybridized carbons (Fsp3) is 0.435. The van der Waals surface area contributed by atoms with E-state index in [0.717, 1.165) is 86.2 Å². The molecule has 1 N–H and O–H groups in total. The molecule has 2 fully saturated rings. The molecule has 8 nitrogen and oxygen atoms in total. The van der Waals surface area contributed by atoms with E-state index in [1.165, 1.54) is 11.1 Å². The highest BCUT2D eigenvalue weighted by atomic mass is 35.5. The molecule has 0 radical (unpaired) electrons. The molecule has 1 saturated carbocycles. The Kier molecular flexibility index (Phi) is 12.8. The maximum absolute atomic E-state index is 13.5. The van der Waals surface area contributed by atoms with Gasteiger partial charge in [-0.15, -0.1) is 0 Å². The molecule has 56 heavy (non-hydrogen) atoms. The normalized spacial score (nSPS) is 19.8. The predicted octanol–water partition coefficient (Wildman–Crippen LogP) is 9.25. The number of nitrogens with zero attached hydrogens (tertiary/aromatic N) is 4. The zero-order chi connectivity index (χ0) is 39.2. The lowest BCUT2D eigenvalue weighted by atomic mass is 9.93. The summed E-state index contributed by atoms with van der Waals surface area (Å²) >= 11 is 6.99. The first-order valence-electron chi connectivity index (χ1n) is 19.9. The number of nitriles is 2. The van der Waals surface area contributed by atoms with Crippen molar-refractivity contribution < 1.29 is 23.7 Å². The van der Waals surface area contributed by atoms with Gasteiger partial charge in [0, 0.05) is 43.9 Å². The lowest BCUT2D eigenvalue weighted by molar-refractivity contribution is 0.0818. The number of likely N-dealkylation sites (N-methyl/N-ethyl adjacent to an activating group) is 1. The topological polar surface area (TPSA) is 102 Å². The third-order valence-electron chi connectivity index (χ3n) is 11.6. The van der Waals surface area contributed by atoms with Crippen molar-refractivity contribution in [1.29, 1.82) is 10.5 Å². The molecular formula is C46H50ClFN4O4. The zero-order valence-electron chi connectivity index (χ0n) is 32.3. The van der Waals surface area contributed by atoms with Gasteiger partial charge in [0.2, 0.25) is 0 Å². The van der Waals surface area contributed by atoms with Gasteiger partial charge in [-0.3, -0.25) is 4.90 Å². The van der Waals surface area contributed by atoms with E-state index in [-0.39, 0.29) is 24.9 Å². The molecule has 3 aliphatic rings. The first-order valence-corrected chi connectivity index (χ1v) is 20.2. The second-order valence-corrected chi connectivity index (χ2v) is 15.9. The maximum Gasteiger partial charge on any atom is 0.142 e. The fourth-order valence-corrected chi connectivity index (χ4v) is 8.84. The summed E-state index contributed by atoms with van der Waals surface area (Å²) in [7, 11) is 2.01. The highest BCUT2D eigenvalue weighted by molar-refractivity contribution is 6.32. The summed E-state index contributed by atoms with van der Waals surface area (Å²) in [6.07, 6.45) is 5.22. The van der Waals surface area contributed by atoms with Crippen molar-refractivity contribution in [1.82, 2.24) is 9.80 Å². The molecule has 0 unspecified atom stereocenters. The van der Waals surface area contributed by atoms with Crippen molar-refractivity contribution >= 4 is 11.6 Å². The molecule has 0 bridgehead atoms. The van der Waals surface area contributed by atoms with E-state index in [1.54, 1.807) is 18.2 Å². The number of benzene rings is 4. The van der Waals surface area contributed by atoms with Gasteiger partial charge in [0.05, 0.1) is 41.0 Å². The SMILES string of the molecule is Cc1c(OCCCN2CCC(F)CC2)cccc1-c1cccc2c1CC[C@@H]2Oc1cc(OCc2cc(C#N)cc(C#N)c2)c(CN(C)[C@H]2CCC[C@H]2O)cc1Cl. The molecule has 1 saturated heterocycles. The Balaban J connectivity index is 1.09. The summed E-state index contributed by atoms with van der Waals surface area (Å²) in [6, 6.07) is 25.7. The van der Waals surface area contributed by atoms with Gasteiger partial charge >= 0.3 is 0 Å². The molecule has 1 aliphatic heterocycles. The van der Waals surface area contributed by atoms with Crippen LogP contribution < -0.4 is 14.2 Å². The van der Waals surface area contributed by atoms with Crippen LogP contribution in [-0.4, -0.2) is 66.5 Å². The van der Waals surface area contributed by atoms with E-state index in [0.29, 0.717) is 59.2 Å². The Labute approximate surface area is 335 Å². The van der Waals surface area contributed by atoms with Crippen molar-refractivity contribution in [3.8, 4) is 40.5 Å². The van der Waals surface area contributed by atoms with E-state index in [1.807, 2.05) is 25.2 Å². The Morgan fingerprint density at radius 1 is 0.893 bits per heavy atom. The maximum atomic E-state index is 13.5. The monoisotopic (exact) mass is 776 g/mol. The quantitative estimate of drug-likeness (QED) is 0.127. The molecule has 0 spiro atoms. The Bertz CT molecular complexity index is 2070. The molecule has 292 valence electrons. The Morgan fingerprint density at radius 3 is 2.38 bits per heavy atom. The van der Waals surface area contributed by atoms with Crippen molar-refractivity contribution in [3.05, 3.63) is 111 Å². The van der Waals surface area contributed by atoms with Crippen molar-refractivity contribution in [2.75, 3.05) is 33.3 Å². The van der Waals surface area contributed by atoms with Crippen LogP contribution in [0.15, 0.2) is 66.7 Å². The van der Waals surface area contributed by atoms with Crippen LogP contribution in [0.4, 0.5) is 4.39 Å². The van der Waals surface area contributed by atoms with Gasteiger partial charge in [-0.25, -0.2) is 4.39 Å². The number of likely N-dealkylation sites (tertiary alicyclic amines) is 1. The average molecular weight is 777 g/mol. The first kappa shape index (κ1) is 39.6. The summed E-state index contributed by atoms with van der Waals surface area (Å²) < 4.78 is 33.0. The van der Waals surface area contributed by atoms with Gasteiger partial charge in [0.25, 0.3) is 0 Å². The predicted molar refractivity (Wildman–Crippen MR) is 216 cm³/mol. The molecule has 1 heterocycles. The summed E-state index contributed by atoms with van der Waals surface area (Å²) in [5.74, 6) is 1.98. The lowest BCUT2D eigenvalue weighted by Crippen LogP contribution is -2.37. The van der Waals surface area contributed by atoms with E-state index in [9.17, 15) is 20.0 Å². The molecule has 7 rings (SSSR count). The molecule has 4 aromatic carbocycles. The van der Waals surface area contributed by atoms with E-state index < -0.39 is 6.17 Å². The number of halogens is 2. The van der Waals surface area contributed by atoms with Crippen LogP contribution in [0.2, 0.25) is 5.02 Å². The van der Waals surface area contributed by atoms with Crippen molar-refractivity contribution in [2.45, 2.75) is 95.9 Å². The Hall–Kier alpha value is -4.64. The molecule has 3 atom stereocenters. The van der Waals surface area contributed by atoms with Crippen LogP contribution in [0, 0.1) is 29.6 Å². The second-order valence-electron chi connectivity index (χ2n) is 15.5. The number of hydrogen-bond donors (Lipinski definition) is 1. The summed E-state index contributed by atoms with van der Waals surface area (Å²) in [6.45, 7) is 5.94. The first-order chi connectivity index (χ1) is 27.2. The van der Waals surface area contributed by atoms with Crippen molar-refractivity contribution in [3.63, 3.8) is 0 Å². The van der Waals surface area contributed by atoms with Crippen LogP contribution in [0.25, 0.3) is 11.1 Å². The number of piperidine rings is 1. The number of alkyl halides is 1. The van der Waals surface area contributed by atoms with E-state index in [2.05, 4.69) is 59.2 Å². The van der Waals surface area contributed by atoms with Crippen LogP contribution >= 0.6 is 11.6 Å². The number of fused-ring (bicyclic) bond motifs is 1. The zero-order valence-corrected chi connectivity index (χ0v) is 33.0. The largest absolute Gasteiger partial charge is 0.493 e. The van der Waals surface area contributed by atoms with E-state index >= 15 is 0 Å². The van der Waals surface area contributed by atoms with Crippen LogP contribution in [0.5, 0.6) is 17.2 Å². The lowest BCUT2D eigenvalue weighted by Gasteiger charge is -2.28. The average Bonchev–Trinajstić information content (AvgIpc) is 3.84. The second kappa shape index (κ2) is 18.1. The highest BCUT2D eigenvalue weighted by Gasteiger charge is 2.31. The number of ether oxygens (including phenoxy) is 3. The van der Waals surface area contributed by atoms with Crippen LogP contribution in [0.1, 0.15) is 90.0 Å². The van der Waals surface area contributed by atoms with Gasteiger partial charge in [-0.05, 0) is 129 Å². The standard InChI is InChI=1S/C46H50ClFN4O4/c1-30-36(7-4-12-43(30)54-20-6-17-52-18-15-35(48)16-19-52)37-8-3-9-39-38(37)13-14-44(39)56-46-25-45(55-29-33-22-31(26-49)21-32(23-33)27-50)34(24-40(46)47)28-51(2)41-10-5-11-42(41)53/h3-4,7-9,12,21-25,35,41-42,44,53H,5-6,10-11,13-20,28-29H2,1-2H3/t41-,42+,44-/m0/s1. The van der Waals surface area contributed by atoms with Gasteiger partial charge in [0.1, 0.15) is 36.1 Å². The molecule has 2 aliphatic carbocycles. The summed E-state index contributed by atoms with van der Waals surface area (Å²) in [5.41, 5.74) is 8.14. The highest BCUT2D eigenvalue weighted by Crippen LogP contribution is 2.44. The number of hydrogen-bond acceptors (Lipinski definition) is 8. The smallest absolute Gasteiger partial charge is 0.142 e. The number of aliphatic hydroxyl groups is 1. The number of rotatable bonds is 14. The van der Waals surface area contributed by atoms with E-state index in [4.69, 9.17) is 25.8 Å². The third kappa shape index (κ3) is 9.14. The van der Waals surface area contributed by atoms with Crippen LogP contribution in [0.3, 0.4) is 0 Å².